The molecule has 0 amide bonds. The molecular formula is C12H24N2. The maximum absolute atomic E-state index is 3.87. The SMILES string of the molecule is CCCC(NC1CCN(C)C1)C1CC1. The van der Waals surface area contributed by atoms with Crippen LogP contribution in [0.4, 0.5) is 0 Å². The Morgan fingerprint density at radius 2 is 2.14 bits per heavy atom. The summed E-state index contributed by atoms with van der Waals surface area (Å²) in [6.45, 7) is 4.84. The fraction of sp³-hybridized carbons (Fsp3) is 1.00. The Labute approximate surface area is 88.1 Å². The zero-order valence-corrected chi connectivity index (χ0v) is 9.63. The van der Waals surface area contributed by atoms with Crippen LogP contribution in [0.5, 0.6) is 0 Å². The maximum atomic E-state index is 3.87. The van der Waals surface area contributed by atoms with E-state index in [4.69, 9.17) is 0 Å². The minimum absolute atomic E-state index is 0.775. The van der Waals surface area contributed by atoms with Crippen LogP contribution in [0.25, 0.3) is 0 Å². The summed E-state index contributed by atoms with van der Waals surface area (Å²) in [6.07, 6.45) is 7.01. The predicted molar refractivity (Wildman–Crippen MR) is 60.5 cm³/mol. The van der Waals surface area contributed by atoms with Gasteiger partial charge in [-0.3, -0.25) is 0 Å². The minimum atomic E-state index is 0.775. The fourth-order valence-electron chi connectivity index (χ4n) is 2.64. The van der Waals surface area contributed by atoms with E-state index in [2.05, 4.69) is 24.2 Å². The molecule has 2 heteroatoms. The second-order valence-electron chi connectivity index (χ2n) is 5.15. The number of hydrogen-bond donors (Lipinski definition) is 1. The highest BCUT2D eigenvalue weighted by atomic mass is 15.2. The van der Waals surface area contributed by atoms with E-state index < -0.39 is 0 Å². The molecule has 2 nitrogen and oxygen atoms in total. The molecule has 1 saturated carbocycles. The molecule has 1 saturated heterocycles. The molecule has 0 bridgehead atoms. The highest BCUT2D eigenvalue weighted by Crippen LogP contribution is 2.35. The molecule has 82 valence electrons. The summed E-state index contributed by atoms with van der Waals surface area (Å²) >= 11 is 0. The van der Waals surface area contributed by atoms with Gasteiger partial charge >= 0.3 is 0 Å². The molecule has 2 atom stereocenters. The van der Waals surface area contributed by atoms with Crippen molar-refractivity contribution in [2.45, 2.75) is 51.1 Å². The number of hydrogen-bond acceptors (Lipinski definition) is 2. The lowest BCUT2D eigenvalue weighted by atomic mass is 10.1. The summed E-state index contributed by atoms with van der Waals surface area (Å²) in [5.41, 5.74) is 0. The Morgan fingerprint density at radius 3 is 2.64 bits per heavy atom. The first kappa shape index (κ1) is 10.4. The Hall–Kier alpha value is -0.0800. The van der Waals surface area contributed by atoms with Crippen LogP contribution in [0.2, 0.25) is 0 Å². The van der Waals surface area contributed by atoms with Gasteiger partial charge in [0.1, 0.15) is 0 Å². The van der Waals surface area contributed by atoms with Crippen LogP contribution in [-0.4, -0.2) is 37.1 Å². The lowest BCUT2D eigenvalue weighted by Gasteiger charge is -2.22. The van der Waals surface area contributed by atoms with E-state index in [0.717, 1.165) is 18.0 Å². The highest BCUT2D eigenvalue weighted by molar-refractivity contribution is 4.90. The van der Waals surface area contributed by atoms with Crippen molar-refractivity contribution in [1.82, 2.24) is 10.2 Å². The molecule has 0 aromatic rings. The first-order chi connectivity index (χ1) is 6.79. The number of likely N-dealkylation sites (N-methyl/N-ethyl adjacent to an activating group) is 1. The molecule has 2 rings (SSSR count). The van der Waals surface area contributed by atoms with Gasteiger partial charge in [-0.2, -0.15) is 0 Å². The lowest BCUT2D eigenvalue weighted by Crippen LogP contribution is -2.40. The topological polar surface area (TPSA) is 15.3 Å². The summed E-state index contributed by atoms with van der Waals surface area (Å²) in [5, 5.41) is 3.87. The maximum Gasteiger partial charge on any atom is 0.0209 e. The van der Waals surface area contributed by atoms with E-state index >= 15 is 0 Å². The Bertz CT molecular complexity index is 177. The van der Waals surface area contributed by atoms with Crippen LogP contribution < -0.4 is 5.32 Å². The predicted octanol–water partition coefficient (Wildman–Crippen LogP) is 1.86. The van der Waals surface area contributed by atoms with Gasteiger partial charge in [0.05, 0.1) is 0 Å². The van der Waals surface area contributed by atoms with Crippen molar-refractivity contribution in [2.24, 2.45) is 5.92 Å². The molecule has 2 aliphatic rings. The van der Waals surface area contributed by atoms with Gasteiger partial charge in [-0.05, 0) is 45.2 Å². The van der Waals surface area contributed by atoms with Crippen molar-refractivity contribution in [3.8, 4) is 0 Å². The van der Waals surface area contributed by atoms with Crippen molar-refractivity contribution >= 4 is 0 Å². The van der Waals surface area contributed by atoms with Crippen molar-refractivity contribution in [1.29, 1.82) is 0 Å². The molecule has 0 aromatic carbocycles. The van der Waals surface area contributed by atoms with E-state index in [9.17, 15) is 0 Å². The van der Waals surface area contributed by atoms with E-state index in [0.29, 0.717) is 0 Å². The van der Waals surface area contributed by atoms with Gasteiger partial charge in [-0.25, -0.2) is 0 Å². The third-order valence-corrected chi connectivity index (χ3v) is 3.63. The molecule has 1 aliphatic heterocycles. The standard InChI is InChI=1S/C12H24N2/c1-3-4-12(10-5-6-10)13-11-7-8-14(2)9-11/h10-13H,3-9H2,1-2H3. The van der Waals surface area contributed by atoms with Crippen LogP contribution in [0.1, 0.15) is 39.0 Å². The average molecular weight is 196 g/mol. The van der Waals surface area contributed by atoms with Crippen LogP contribution in [0.3, 0.4) is 0 Å². The van der Waals surface area contributed by atoms with Gasteiger partial charge in [0.25, 0.3) is 0 Å². The lowest BCUT2D eigenvalue weighted by molar-refractivity contribution is 0.354. The summed E-state index contributed by atoms with van der Waals surface area (Å²) in [7, 11) is 2.23. The van der Waals surface area contributed by atoms with E-state index in [-0.39, 0.29) is 0 Å². The molecule has 2 unspecified atom stereocenters. The molecule has 1 N–H and O–H groups in total. The van der Waals surface area contributed by atoms with E-state index in [1.807, 2.05) is 0 Å². The highest BCUT2D eigenvalue weighted by Gasteiger charge is 2.32. The third-order valence-electron chi connectivity index (χ3n) is 3.63. The summed E-state index contributed by atoms with van der Waals surface area (Å²) in [4.78, 5) is 2.44. The van der Waals surface area contributed by atoms with Gasteiger partial charge < -0.3 is 10.2 Å². The molecule has 1 aliphatic carbocycles. The smallest absolute Gasteiger partial charge is 0.0209 e. The van der Waals surface area contributed by atoms with Gasteiger partial charge in [-0.15, -0.1) is 0 Å². The third kappa shape index (κ3) is 2.71. The summed E-state index contributed by atoms with van der Waals surface area (Å²) in [6, 6.07) is 1.61. The minimum Gasteiger partial charge on any atom is -0.310 e. The Kier molecular flexibility index (Phi) is 3.45. The van der Waals surface area contributed by atoms with Gasteiger partial charge in [0, 0.05) is 18.6 Å². The van der Waals surface area contributed by atoms with Crippen molar-refractivity contribution in [2.75, 3.05) is 20.1 Å². The number of nitrogens with one attached hydrogen (secondary N) is 1. The number of nitrogens with zero attached hydrogens (tertiary/aromatic N) is 1. The quantitative estimate of drug-likeness (QED) is 0.722. The largest absolute Gasteiger partial charge is 0.310 e. The second kappa shape index (κ2) is 4.63. The zero-order valence-electron chi connectivity index (χ0n) is 9.63. The molecule has 2 fully saturated rings. The number of likely N-dealkylation sites (tertiary alicyclic amines) is 1. The Morgan fingerprint density at radius 1 is 1.36 bits per heavy atom. The summed E-state index contributed by atoms with van der Waals surface area (Å²) in [5.74, 6) is 1.01. The Balaban J connectivity index is 1.75. The van der Waals surface area contributed by atoms with Crippen LogP contribution >= 0.6 is 0 Å². The van der Waals surface area contributed by atoms with Crippen LogP contribution in [0.15, 0.2) is 0 Å². The van der Waals surface area contributed by atoms with Gasteiger partial charge in [0.15, 0.2) is 0 Å². The van der Waals surface area contributed by atoms with Crippen molar-refractivity contribution in [3.05, 3.63) is 0 Å². The number of rotatable bonds is 5. The van der Waals surface area contributed by atoms with Crippen molar-refractivity contribution < 1.29 is 0 Å². The first-order valence-corrected chi connectivity index (χ1v) is 6.24. The molecular weight excluding hydrogens is 172 g/mol. The van der Waals surface area contributed by atoms with Crippen molar-refractivity contribution in [3.63, 3.8) is 0 Å². The van der Waals surface area contributed by atoms with Gasteiger partial charge in [0.2, 0.25) is 0 Å². The molecule has 14 heavy (non-hydrogen) atoms. The average Bonchev–Trinajstić information content (AvgIpc) is 2.91. The van der Waals surface area contributed by atoms with Gasteiger partial charge in [-0.1, -0.05) is 13.3 Å². The second-order valence-corrected chi connectivity index (χ2v) is 5.15. The summed E-state index contributed by atoms with van der Waals surface area (Å²) < 4.78 is 0. The van der Waals surface area contributed by atoms with E-state index in [1.165, 1.54) is 45.2 Å². The fourth-order valence-corrected chi connectivity index (χ4v) is 2.64. The monoisotopic (exact) mass is 196 g/mol. The first-order valence-electron chi connectivity index (χ1n) is 6.24. The van der Waals surface area contributed by atoms with Crippen LogP contribution in [0, 0.1) is 5.92 Å². The van der Waals surface area contributed by atoms with Crippen LogP contribution in [-0.2, 0) is 0 Å². The normalized spacial score (nSPS) is 30.9. The van der Waals surface area contributed by atoms with E-state index in [1.54, 1.807) is 0 Å². The molecule has 0 spiro atoms. The molecule has 0 aromatic heterocycles. The molecule has 1 heterocycles. The zero-order chi connectivity index (χ0) is 9.97. The molecule has 0 radical (unpaired) electrons.